The number of fused-ring (bicyclic) bond motifs is 1. The summed E-state index contributed by atoms with van der Waals surface area (Å²) in [5.74, 6) is 7.28. The Hall–Kier alpha value is -1.10. The normalized spacial score (nSPS) is 27.9. The molecule has 98 valence electrons. The van der Waals surface area contributed by atoms with E-state index in [9.17, 15) is 0 Å². The van der Waals surface area contributed by atoms with E-state index < -0.39 is 0 Å². The third-order valence-electron chi connectivity index (χ3n) is 4.03. The minimum atomic E-state index is 0.0633. The van der Waals surface area contributed by atoms with Crippen molar-refractivity contribution in [3.63, 3.8) is 0 Å². The first-order valence-electron chi connectivity index (χ1n) is 6.63. The number of rotatable bonds is 3. The molecule has 1 aromatic rings. The maximum Gasteiger partial charge on any atom is 0.122 e. The molecule has 4 heteroatoms. The fourth-order valence-electron chi connectivity index (χ4n) is 2.92. The standard InChI is InChI=1S/C14H20N2O2/c1-9-4-6-18-14(9)13(16-15)11-2-3-12-10(8-11)5-7-17-12/h2-3,8-9,13-14,16H,4-7,15H2,1H3. The van der Waals surface area contributed by atoms with E-state index in [1.165, 1.54) is 11.1 Å². The molecule has 1 aromatic carbocycles. The SMILES string of the molecule is CC1CCOC1C(NN)c1ccc2c(c1)CCO2. The van der Waals surface area contributed by atoms with Crippen molar-refractivity contribution in [3.05, 3.63) is 29.3 Å². The van der Waals surface area contributed by atoms with Gasteiger partial charge in [-0.1, -0.05) is 19.1 Å². The lowest BCUT2D eigenvalue weighted by atomic mass is 9.92. The first-order valence-corrected chi connectivity index (χ1v) is 6.63. The van der Waals surface area contributed by atoms with Crippen LogP contribution in [0.3, 0.4) is 0 Å². The van der Waals surface area contributed by atoms with E-state index >= 15 is 0 Å². The lowest BCUT2D eigenvalue weighted by Crippen LogP contribution is -2.38. The Balaban J connectivity index is 1.87. The topological polar surface area (TPSA) is 56.5 Å². The molecule has 2 aliphatic heterocycles. The lowest BCUT2D eigenvalue weighted by molar-refractivity contribution is 0.0607. The Labute approximate surface area is 107 Å². The van der Waals surface area contributed by atoms with E-state index in [2.05, 4.69) is 24.5 Å². The molecule has 0 bridgehead atoms. The van der Waals surface area contributed by atoms with Crippen LogP contribution in [-0.2, 0) is 11.2 Å². The molecular formula is C14H20N2O2. The molecule has 0 amide bonds. The predicted molar refractivity (Wildman–Crippen MR) is 69.2 cm³/mol. The van der Waals surface area contributed by atoms with Crippen LogP contribution in [0.5, 0.6) is 5.75 Å². The Kier molecular flexibility index (Phi) is 3.24. The van der Waals surface area contributed by atoms with Crippen molar-refractivity contribution in [2.24, 2.45) is 11.8 Å². The van der Waals surface area contributed by atoms with Gasteiger partial charge in [-0.3, -0.25) is 11.3 Å². The molecule has 0 aromatic heterocycles. The van der Waals surface area contributed by atoms with Gasteiger partial charge in [0.2, 0.25) is 0 Å². The van der Waals surface area contributed by atoms with Crippen molar-refractivity contribution < 1.29 is 9.47 Å². The van der Waals surface area contributed by atoms with Gasteiger partial charge >= 0.3 is 0 Å². The first kappa shape index (κ1) is 12.0. The van der Waals surface area contributed by atoms with Gasteiger partial charge in [-0.15, -0.1) is 0 Å². The number of ether oxygens (including phenoxy) is 2. The van der Waals surface area contributed by atoms with E-state index in [1.807, 2.05) is 6.07 Å². The smallest absolute Gasteiger partial charge is 0.122 e. The Morgan fingerprint density at radius 2 is 2.28 bits per heavy atom. The monoisotopic (exact) mass is 248 g/mol. The molecule has 3 rings (SSSR count). The fourth-order valence-corrected chi connectivity index (χ4v) is 2.92. The lowest BCUT2D eigenvalue weighted by Gasteiger charge is -2.26. The van der Waals surface area contributed by atoms with E-state index in [-0.39, 0.29) is 12.1 Å². The summed E-state index contributed by atoms with van der Waals surface area (Å²) in [5, 5.41) is 0. The summed E-state index contributed by atoms with van der Waals surface area (Å²) in [6, 6.07) is 6.39. The summed E-state index contributed by atoms with van der Waals surface area (Å²) in [7, 11) is 0. The zero-order chi connectivity index (χ0) is 12.5. The average Bonchev–Trinajstić information content (AvgIpc) is 2.99. The molecule has 3 atom stereocenters. The summed E-state index contributed by atoms with van der Waals surface area (Å²) in [6.07, 6.45) is 2.26. The summed E-state index contributed by atoms with van der Waals surface area (Å²) in [5.41, 5.74) is 5.39. The van der Waals surface area contributed by atoms with Gasteiger partial charge in [0.05, 0.1) is 18.8 Å². The van der Waals surface area contributed by atoms with Crippen LogP contribution in [0.2, 0.25) is 0 Å². The third kappa shape index (κ3) is 2.00. The van der Waals surface area contributed by atoms with Crippen LogP contribution >= 0.6 is 0 Å². The highest BCUT2D eigenvalue weighted by Gasteiger charge is 2.33. The van der Waals surface area contributed by atoms with Crippen LogP contribution in [0.25, 0.3) is 0 Å². The molecule has 3 N–H and O–H groups in total. The van der Waals surface area contributed by atoms with Crippen LogP contribution < -0.4 is 16.0 Å². The van der Waals surface area contributed by atoms with Crippen LogP contribution in [0, 0.1) is 5.92 Å². The van der Waals surface area contributed by atoms with E-state index in [0.717, 1.165) is 31.8 Å². The van der Waals surface area contributed by atoms with Gasteiger partial charge in [-0.05, 0) is 29.5 Å². The maximum atomic E-state index is 5.82. The quantitative estimate of drug-likeness (QED) is 0.629. The van der Waals surface area contributed by atoms with Crippen molar-refractivity contribution in [3.8, 4) is 5.75 Å². The van der Waals surface area contributed by atoms with E-state index in [0.29, 0.717) is 5.92 Å². The molecule has 0 radical (unpaired) electrons. The summed E-state index contributed by atoms with van der Waals surface area (Å²) < 4.78 is 11.3. The number of nitrogens with two attached hydrogens (primary N) is 1. The van der Waals surface area contributed by atoms with Crippen molar-refractivity contribution >= 4 is 0 Å². The van der Waals surface area contributed by atoms with Gasteiger partial charge in [0.15, 0.2) is 0 Å². The zero-order valence-corrected chi connectivity index (χ0v) is 10.7. The van der Waals surface area contributed by atoms with Crippen molar-refractivity contribution in [2.45, 2.75) is 31.9 Å². The molecule has 18 heavy (non-hydrogen) atoms. The summed E-state index contributed by atoms with van der Waals surface area (Å²) >= 11 is 0. The average molecular weight is 248 g/mol. The number of nitrogens with one attached hydrogen (secondary N) is 1. The molecule has 0 saturated carbocycles. The van der Waals surface area contributed by atoms with Crippen molar-refractivity contribution in [1.29, 1.82) is 0 Å². The largest absolute Gasteiger partial charge is 0.493 e. The maximum absolute atomic E-state index is 5.82. The molecule has 0 aliphatic carbocycles. The number of hydrogen-bond acceptors (Lipinski definition) is 4. The van der Waals surface area contributed by atoms with E-state index in [4.69, 9.17) is 15.3 Å². The summed E-state index contributed by atoms with van der Waals surface area (Å²) in [4.78, 5) is 0. The molecule has 2 aliphatic rings. The van der Waals surface area contributed by atoms with Crippen molar-refractivity contribution in [2.75, 3.05) is 13.2 Å². The Morgan fingerprint density at radius 1 is 1.39 bits per heavy atom. The van der Waals surface area contributed by atoms with Crippen LogP contribution in [0.15, 0.2) is 18.2 Å². The molecule has 2 heterocycles. The van der Waals surface area contributed by atoms with Gasteiger partial charge in [0, 0.05) is 13.0 Å². The summed E-state index contributed by atoms with van der Waals surface area (Å²) in [6.45, 7) is 3.84. The Morgan fingerprint density at radius 3 is 3.00 bits per heavy atom. The number of benzene rings is 1. The van der Waals surface area contributed by atoms with Crippen LogP contribution in [0.1, 0.15) is 30.5 Å². The first-order chi connectivity index (χ1) is 8.79. The molecular weight excluding hydrogens is 228 g/mol. The van der Waals surface area contributed by atoms with Gasteiger partial charge in [0.25, 0.3) is 0 Å². The second kappa shape index (κ2) is 4.88. The molecule has 1 fully saturated rings. The highest BCUT2D eigenvalue weighted by Crippen LogP contribution is 2.34. The van der Waals surface area contributed by atoms with Gasteiger partial charge in [0.1, 0.15) is 5.75 Å². The van der Waals surface area contributed by atoms with Gasteiger partial charge < -0.3 is 9.47 Å². The second-order valence-corrected chi connectivity index (χ2v) is 5.21. The highest BCUT2D eigenvalue weighted by molar-refractivity contribution is 5.41. The zero-order valence-electron chi connectivity index (χ0n) is 10.7. The van der Waals surface area contributed by atoms with Gasteiger partial charge in [-0.2, -0.15) is 0 Å². The van der Waals surface area contributed by atoms with Crippen LogP contribution in [0.4, 0.5) is 0 Å². The molecule has 1 saturated heterocycles. The van der Waals surface area contributed by atoms with Gasteiger partial charge in [-0.25, -0.2) is 0 Å². The third-order valence-corrected chi connectivity index (χ3v) is 4.03. The minimum absolute atomic E-state index is 0.0633. The van der Waals surface area contributed by atoms with Crippen LogP contribution in [-0.4, -0.2) is 19.3 Å². The second-order valence-electron chi connectivity index (χ2n) is 5.21. The molecule has 4 nitrogen and oxygen atoms in total. The fraction of sp³-hybridized carbons (Fsp3) is 0.571. The highest BCUT2D eigenvalue weighted by atomic mass is 16.5. The van der Waals surface area contributed by atoms with E-state index in [1.54, 1.807) is 0 Å². The molecule has 0 spiro atoms. The number of hydrazine groups is 1. The Bertz CT molecular complexity index is 436. The minimum Gasteiger partial charge on any atom is -0.493 e. The van der Waals surface area contributed by atoms with Crippen molar-refractivity contribution in [1.82, 2.24) is 5.43 Å². The number of hydrogen-bond donors (Lipinski definition) is 2. The molecule has 3 unspecified atom stereocenters. The predicted octanol–water partition coefficient (Wildman–Crippen LogP) is 1.55.